The highest BCUT2D eigenvalue weighted by atomic mass is 79.9. The number of hydrogen-bond acceptors (Lipinski definition) is 2. The number of unbranched alkanes of at least 4 members (excludes halogenated alkanes) is 13. The van der Waals surface area contributed by atoms with Crippen molar-refractivity contribution in [3.63, 3.8) is 0 Å². The molecule has 0 amide bonds. The van der Waals surface area contributed by atoms with E-state index < -0.39 is 0 Å². The Labute approximate surface area is 178 Å². The van der Waals surface area contributed by atoms with Crippen LogP contribution in [0.2, 0.25) is 0 Å². The largest absolute Gasteiger partial charge is 0.465 e. The second kappa shape index (κ2) is 22.2. The molecule has 27 heavy (non-hydrogen) atoms. The summed E-state index contributed by atoms with van der Waals surface area (Å²) in [5.41, 5.74) is 0. The maximum absolute atomic E-state index is 12.5. The molecule has 0 saturated carbocycles. The van der Waals surface area contributed by atoms with Gasteiger partial charge in [-0.15, -0.1) is 0 Å². The Morgan fingerprint density at radius 1 is 0.667 bits per heavy atom. The van der Waals surface area contributed by atoms with Crippen LogP contribution in [0, 0.1) is 5.92 Å². The van der Waals surface area contributed by atoms with Crippen LogP contribution in [0.15, 0.2) is 0 Å². The Hall–Kier alpha value is -0.0500. The van der Waals surface area contributed by atoms with Gasteiger partial charge in [0.05, 0.1) is 12.5 Å². The third kappa shape index (κ3) is 19.1. The molecule has 0 aliphatic rings. The molecule has 2 nitrogen and oxygen atoms in total. The summed E-state index contributed by atoms with van der Waals surface area (Å²) in [6.45, 7) is 5.13. The highest BCUT2D eigenvalue weighted by molar-refractivity contribution is 9.09. The van der Waals surface area contributed by atoms with E-state index in [2.05, 4.69) is 29.8 Å². The van der Waals surface area contributed by atoms with Crippen molar-refractivity contribution in [2.24, 2.45) is 5.92 Å². The van der Waals surface area contributed by atoms with Gasteiger partial charge < -0.3 is 4.74 Å². The fourth-order valence-corrected chi connectivity index (χ4v) is 3.96. The Kier molecular flexibility index (Phi) is 22.2. The van der Waals surface area contributed by atoms with Gasteiger partial charge in [0.2, 0.25) is 0 Å². The predicted octanol–water partition coefficient (Wildman–Crippen LogP) is 8.60. The van der Waals surface area contributed by atoms with Crippen LogP contribution in [0.3, 0.4) is 0 Å². The smallest absolute Gasteiger partial charge is 0.308 e. The van der Waals surface area contributed by atoms with E-state index in [0.717, 1.165) is 37.4 Å². The molecular formula is C24H47BrO2. The van der Waals surface area contributed by atoms with Crippen molar-refractivity contribution in [1.29, 1.82) is 0 Å². The van der Waals surface area contributed by atoms with Crippen LogP contribution in [0.5, 0.6) is 0 Å². The highest BCUT2D eigenvalue weighted by Gasteiger charge is 2.19. The average Bonchev–Trinajstić information content (AvgIpc) is 2.67. The minimum Gasteiger partial charge on any atom is -0.465 e. The summed E-state index contributed by atoms with van der Waals surface area (Å²) in [6, 6.07) is 0. The number of esters is 1. The van der Waals surface area contributed by atoms with E-state index in [9.17, 15) is 4.79 Å². The van der Waals surface area contributed by atoms with Gasteiger partial charge in [0.1, 0.15) is 0 Å². The van der Waals surface area contributed by atoms with Crippen LogP contribution in [0.1, 0.15) is 129 Å². The van der Waals surface area contributed by atoms with Gasteiger partial charge in [-0.25, -0.2) is 0 Å². The lowest BCUT2D eigenvalue weighted by atomic mass is 9.95. The first kappa shape index (κ1) is 27.0. The third-order valence-electron chi connectivity index (χ3n) is 5.42. The number of carbonyl (C=O) groups excluding carboxylic acids is 1. The Morgan fingerprint density at radius 3 is 1.63 bits per heavy atom. The van der Waals surface area contributed by atoms with Crippen LogP contribution >= 0.6 is 15.9 Å². The zero-order valence-electron chi connectivity index (χ0n) is 18.4. The maximum Gasteiger partial charge on any atom is 0.308 e. The monoisotopic (exact) mass is 446 g/mol. The molecule has 162 valence electrons. The lowest BCUT2D eigenvalue weighted by molar-refractivity contribution is -0.149. The minimum atomic E-state index is 0.0704. The molecule has 0 spiro atoms. The summed E-state index contributed by atoms with van der Waals surface area (Å²) in [7, 11) is 0. The van der Waals surface area contributed by atoms with E-state index in [1.54, 1.807) is 0 Å². The number of hydrogen-bond donors (Lipinski definition) is 0. The second-order valence-corrected chi connectivity index (χ2v) is 8.87. The number of carbonyl (C=O) groups is 1. The van der Waals surface area contributed by atoms with Gasteiger partial charge in [0, 0.05) is 5.33 Å². The van der Waals surface area contributed by atoms with Crippen LogP contribution < -0.4 is 0 Å². The third-order valence-corrected chi connectivity index (χ3v) is 5.98. The molecule has 1 unspecified atom stereocenters. The zero-order chi connectivity index (χ0) is 20.0. The Bertz CT molecular complexity index is 307. The molecule has 0 rings (SSSR count). The van der Waals surface area contributed by atoms with Gasteiger partial charge in [-0.2, -0.15) is 0 Å². The Morgan fingerprint density at radius 2 is 1.11 bits per heavy atom. The fraction of sp³-hybridized carbons (Fsp3) is 0.958. The molecule has 3 heteroatoms. The van der Waals surface area contributed by atoms with Crippen molar-refractivity contribution in [3.8, 4) is 0 Å². The van der Waals surface area contributed by atoms with Crippen molar-refractivity contribution in [2.45, 2.75) is 129 Å². The first-order valence-electron chi connectivity index (χ1n) is 12.0. The van der Waals surface area contributed by atoms with E-state index >= 15 is 0 Å². The molecule has 0 bridgehead atoms. The zero-order valence-corrected chi connectivity index (χ0v) is 20.0. The van der Waals surface area contributed by atoms with E-state index in [0.29, 0.717) is 6.61 Å². The molecule has 0 heterocycles. The molecule has 0 aliphatic heterocycles. The molecule has 0 radical (unpaired) electrons. The molecule has 0 aromatic carbocycles. The first-order chi connectivity index (χ1) is 13.3. The van der Waals surface area contributed by atoms with Crippen LogP contribution in [0.4, 0.5) is 0 Å². The Balaban J connectivity index is 3.84. The standard InChI is InChI=1S/C24H47BrO2/c1-3-5-7-9-11-12-14-18-22-27-24(26)23(20-16-17-21-25)19-15-13-10-8-6-4-2/h23H,3-22H2,1-2H3. The molecule has 1 atom stereocenters. The molecule has 0 aromatic rings. The number of halogens is 1. The summed E-state index contributed by atoms with van der Waals surface area (Å²) >= 11 is 3.49. The highest BCUT2D eigenvalue weighted by Crippen LogP contribution is 2.20. The molecule has 0 aliphatic carbocycles. The fourth-order valence-electron chi connectivity index (χ4n) is 3.56. The van der Waals surface area contributed by atoms with E-state index in [1.165, 1.54) is 83.5 Å². The predicted molar refractivity (Wildman–Crippen MR) is 123 cm³/mol. The summed E-state index contributed by atoms with van der Waals surface area (Å²) in [6.07, 6.45) is 22.3. The molecule has 0 saturated heterocycles. The van der Waals surface area contributed by atoms with Gasteiger partial charge in [0.25, 0.3) is 0 Å². The quantitative estimate of drug-likeness (QED) is 0.100. The number of alkyl halides is 1. The molecule has 0 N–H and O–H groups in total. The summed E-state index contributed by atoms with van der Waals surface area (Å²) in [5.74, 6) is 0.199. The van der Waals surface area contributed by atoms with E-state index in [4.69, 9.17) is 4.74 Å². The van der Waals surface area contributed by atoms with Crippen LogP contribution in [0.25, 0.3) is 0 Å². The van der Waals surface area contributed by atoms with Gasteiger partial charge >= 0.3 is 5.97 Å². The van der Waals surface area contributed by atoms with Crippen molar-refractivity contribution < 1.29 is 9.53 Å². The number of ether oxygens (including phenoxy) is 1. The van der Waals surface area contributed by atoms with Crippen LogP contribution in [-0.4, -0.2) is 17.9 Å². The molecular weight excluding hydrogens is 400 g/mol. The summed E-state index contributed by atoms with van der Waals surface area (Å²) in [4.78, 5) is 12.5. The van der Waals surface area contributed by atoms with Gasteiger partial charge in [-0.05, 0) is 25.7 Å². The lowest BCUT2D eigenvalue weighted by Gasteiger charge is -2.16. The van der Waals surface area contributed by atoms with E-state index in [-0.39, 0.29) is 11.9 Å². The van der Waals surface area contributed by atoms with Crippen molar-refractivity contribution >= 4 is 21.9 Å². The minimum absolute atomic E-state index is 0.0704. The maximum atomic E-state index is 12.5. The van der Waals surface area contributed by atoms with Gasteiger partial charge in [0.15, 0.2) is 0 Å². The number of rotatable bonds is 21. The SMILES string of the molecule is CCCCCCCCCCOC(=O)C(CCCCBr)CCCCCCCC. The van der Waals surface area contributed by atoms with Crippen molar-refractivity contribution in [3.05, 3.63) is 0 Å². The molecule has 0 fully saturated rings. The summed E-state index contributed by atoms with van der Waals surface area (Å²) < 4.78 is 5.62. The van der Waals surface area contributed by atoms with Crippen molar-refractivity contribution in [1.82, 2.24) is 0 Å². The normalized spacial score (nSPS) is 12.3. The first-order valence-corrected chi connectivity index (χ1v) is 13.1. The van der Waals surface area contributed by atoms with Crippen molar-refractivity contribution in [2.75, 3.05) is 11.9 Å². The summed E-state index contributed by atoms with van der Waals surface area (Å²) in [5, 5.41) is 1.03. The second-order valence-electron chi connectivity index (χ2n) is 8.08. The lowest BCUT2D eigenvalue weighted by Crippen LogP contribution is -2.18. The van der Waals surface area contributed by atoms with Gasteiger partial charge in [-0.1, -0.05) is 120 Å². The average molecular weight is 448 g/mol. The topological polar surface area (TPSA) is 26.3 Å². The van der Waals surface area contributed by atoms with E-state index in [1.807, 2.05) is 0 Å². The molecule has 0 aromatic heterocycles. The van der Waals surface area contributed by atoms with Gasteiger partial charge in [-0.3, -0.25) is 4.79 Å². The van der Waals surface area contributed by atoms with Crippen LogP contribution in [-0.2, 0) is 9.53 Å².